The van der Waals surface area contributed by atoms with Gasteiger partial charge in [0, 0.05) is 5.38 Å². The van der Waals surface area contributed by atoms with Crippen LogP contribution in [0.4, 0.5) is 0 Å². The van der Waals surface area contributed by atoms with Crippen LogP contribution in [0.3, 0.4) is 0 Å². The largest absolute Gasteiger partial charge is 0.476 e. The van der Waals surface area contributed by atoms with Gasteiger partial charge in [-0.15, -0.1) is 22.7 Å². The minimum absolute atomic E-state index is 0.00731. The summed E-state index contributed by atoms with van der Waals surface area (Å²) in [7, 11) is 1.21. The topological polar surface area (TPSA) is 89.4 Å². The number of nitrogens with zero attached hydrogens (tertiary/aromatic N) is 2. The van der Waals surface area contributed by atoms with E-state index in [-0.39, 0.29) is 10.7 Å². The number of thiazole rings is 2. The molecule has 0 aliphatic heterocycles. The van der Waals surface area contributed by atoms with E-state index in [1.807, 2.05) is 0 Å². The fraction of sp³-hybridized carbons (Fsp3) is 0.111. The highest BCUT2D eigenvalue weighted by molar-refractivity contribution is 7.17. The summed E-state index contributed by atoms with van der Waals surface area (Å²) in [5.74, 6) is -1.85. The molecule has 0 amide bonds. The van der Waals surface area contributed by atoms with Crippen LogP contribution >= 0.6 is 22.7 Å². The van der Waals surface area contributed by atoms with Gasteiger partial charge in [0.15, 0.2) is 5.69 Å². The van der Waals surface area contributed by atoms with E-state index in [1.54, 1.807) is 10.9 Å². The molecule has 0 radical (unpaired) electrons. The van der Waals surface area contributed by atoms with Gasteiger partial charge >= 0.3 is 11.9 Å². The Hall–Kier alpha value is -1.80. The van der Waals surface area contributed by atoms with E-state index in [0.717, 1.165) is 11.3 Å². The van der Waals surface area contributed by atoms with Crippen molar-refractivity contribution in [1.82, 2.24) is 9.97 Å². The fourth-order valence-electron chi connectivity index (χ4n) is 1.14. The van der Waals surface area contributed by atoms with Gasteiger partial charge in [-0.1, -0.05) is 0 Å². The number of ether oxygens (including phenoxy) is 1. The Labute approximate surface area is 104 Å². The first-order chi connectivity index (χ1) is 8.13. The van der Waals surface area contributed by atoms with E-state index >= 15 is 0 Å². The average molecular weight is 270 g/mol. The maximum Gasteiger partial charge on any atom is 0.367 e. The third kappa shape index (κ3) is 2.17. The molecule has 1 N–H and O–H groups in total. The van der Waals surface area contributed by atoms with Gasteiger partial charge in [0.25, 0.3) is 0 Å². The van der Waals surface area contributed by atoms with Gasteiger partial charge in [-0.05, 0) is 0 Å². The Balaban J connectivity index is 2.54. The highest BCUT2D eigenvalue weighted by Crippen LogP contribution is 2.30. The van der Waals surface area contributed by atoms with E-state index in [4.69, 9.17) is 5.11 Å². The standard InChI is InChI=1S/C9H6N2O4S2/c1-15-9(14)7-11-5(8(12)13)6(17-7)4-2-16-3-10-4/h2-3H,1H3,(H,12,13). The van der Waals surface area contributed by atoms with Crippen molar-refractivity contribution in [2.75, 3.05) is 7.11 Å². The number of carboxylic acids is 1. The van der Waals surface area contributed by atoms with Gasteiger partial charge in [0.05, 0.1) is 23.2 Å². The number of carbonyl (C=O) groups excluding carboxylic acids is 1. The van der Waals surface area contributed by atoms with Gasteiger partial charge in [-0.3, -0.25) is 0 Å². The summed E-state index contributed by atoms with van der Waals surface area (Å²) >= 11 is 2.29. The highest BCUT2D eigenvalue weighted by atomic mass is 32.1. The Morgan fingerprint density at radius 2 is 2.24 bits per heavy atom. The predicted octanol–water partition coefficient (Wildman–Crippen LogP) is 1.75. The first-order valence-corrected chi connectivity index (χ1v) is 6.10. The number of carbonyl (C=O) groups is 2. The molecular formula is C9H6N2O4S2. The summed E-state index contributed by atoms with van der Waals surface area (Å²) in [6, 6.07) is 0. The Morgan fingerprint density at radius 3 is 2.76 bits per heavy atom. The summed E-state index contributed by atoms with van der Waals surface area (Å²) in [5.41, 5.74) is 1.90. The molecule has 17 heavy (non-hydrogen) atoms. The highest BCUT2D eigenvalue weighted by Gasteiger charge is 2.23. The van der Waals surface area contributed by atoms with Crippen molar-refractivity contribution >= 4 is 34.6 Å². The maximum atomic E-state index is 11.3. The first kappa shape index (κ1) is 11.7. The van der Waals surface area contributed by atoms with Crippen molar-refractivity contribution in [2.45, 2.75) is 0 Å². The molecule has 0 aliphatic carbocycles. The maximum absolute atomic E-state index is 11.3. The van der Waals surface area contributed by atoms with Crippen LogP contribution in [0.25, 0.3) is 10.6 Å². The summed E-state index contributed by atoms with van der Waals surface area (Å²) in [6.07, 6.45) is 0. The lowest BCUT2D eigenvalue weighted by atomic mass is 10.3. The molecule has 0 spiro atoms. The van der Waals surface area contributed by atoms with E-state index in [1.165, 1.54) is 18.4 Å². The number of aromatic carboxylic acids is 1. The minimum atomic E-state index is -1.19. The molecule has 0 atom stereocenters. The van der Waals surface area contributed by atoms with Crippen LogP contribution in [0.2, 0.25) is 0 Å². The van der Waals surface area contributed by atoms with E-state index in [9.17, 15) is 9.59 Å². The van der Waals surface area contributed by atoms with Crippen molar-refractivity contribution in [3.63, 3.8) is 0 Å². The number of hydrogen-bond donors (Lipinski definition) is 1. The predicted molar refractivity (Wildman–Crippen MR) is 61.5 cm³/mol. The number of carboxylic acid groups (broad SMARTS) is 1. The smallest absolute Gasteiger partial charge is 0.367 e. The van der Waals surface area contributed by atoms with Crippen molar-refractivity contribution in [3.8, 4) is 10.6 Å². The summed E-state index contributed by atoms with van der Waals surface area (Å²) < 4.78 is 4.50. The van der Waals surface area contributed by atoms with Crippen LogP contribution in [0.15, 0.2) is 10.9 Å². The van der Waals surface area contributed by atoms with E-state index in [0.29, 0.717) is 10.6 Å². The lowest BCUT2D eigenvalue weighted by molar-refractivity contribution is 0.0600. The van der Waals surface area contributed by atoms with Crippen LogP contribution in [0, 0.1) is 0 Å². The number of aromatic nitrogens is 2. The van der Waals surface area contributed by atoms with E-state index < -0.39 is 11.9 Å². The molecule has 0 saturated heterocycles. The quantitative estimate of drug-likeness (QED) is 0.855. The lowest BCUT2D eigenvalue weighted by Gasteiger charge is -1.91. The summed E-state index contributed by atoms with van der Waals surface area (Å²) in [6.45, 7) is 0. The van der Waals surface area contributed by atoms with Crippen LogP contribution in [-0.4, -0.2) is 34.1 Å². The molecule has 0 aliphatic rings. The molecule has 0 saturated carbocycles. The second kappa shape index (κ2) is 4.60. The number of methoxy groups -OCH3 is 1. The average Bonchev–Trinajstić information content (AvgIpc) is 2.95. The molecule has 0 unspecified atom stereocenters. The van der Waals surface area contributed by atoms with Crippen LogP contribution in [0.1, 0.15) is 20.3 Å². The second-order valence-electron chi connectivity index (χ2n) is 2.87. The molecule has 2 rings (SSSR count). The van der Waals surface area contributed by atoms with E-state index in [2.05, 4.69) is 14.7 Å². The third-order valence-electron chi connectivity index (χ3n) is 1.85. The van der Waals surface area contributed by atoms with Crippen molar-refractivity contribution in [1.29, 1.82) is 0 Å². The van der Waals surface area contributed by atoms with Gasteiger partial charge in [0.2, 0.25) is 5.01 Å². The summed E-state index contributed by atoms with van der Waals surface area (Å²) in [5, 5.41) is 10.7. The lowest BCUT2D eigenvalue weighted by Crippen LogP contribution is -2.03. The fourth-order valence-corrected chi connectivity index (χ4v) is 2.70. The van der Waals surface area contributed by atoms with Crippen molar-refractivity contribution < 1.29 is 19.4 Å². The first-order valence-electron chi connectivity index (χ1n) is 4.34. The van der Waals surface area contributed by atoms with Crippen molar-refractivity contribution in [2.24, 2.45) is 0 Å². The molecule has 8 heteroatoms. The second-order valence-corrected chi connectivity index (χ2v) is 4.58. The van der Waals surface area contributed by atoms with Crippen LogP contribution in [-0.2, 0) is 4.74 Å². The molecule has 0 fully saturated rings. The van der Waals surface area contributed by atoms with Gasteiger partial charge in [0.1, 0.15) is 0 Å². The number of rotatable bonds is 3. The zero-order chi connectivity index (χ0) is 12.4. The van der Waals surface area contributed by atoms with Gasteiger partial charge < -0.3 is 9.84 Å². The molecule has 88 valence electrons. The zero-order valence-electron chi connectivity index (χ0n) is 8.54. The minimum Gasteiger partial charge on any atom is -0.476 e. The summed E-state index contributed by atoms with van der Waals surface area (Å²) in [4.78, 5) is 30.4. The molecule has 0 aromatic carbocycles. The molecule has 2 aromatic heterocycles. The molecule has 0 bridgehead atoms. The number of hydrogen-bond acceptors (Lipinski definition) is 7. The monoisotopic (exact) mass is 270 g/mol. The molecular weight excluding hydrogens is 264 g/mol. The third-order valence-corrected chi connectivity index (χ3v) is 3.50. The van der Waals surface area contributed by atoms with Gasteiger partial charge in [-0.25, -0.2) is 19.6 Å². The molecule has 2 aromatic rings. The normalized spacial score (nSPS) is 10.2. The zero-order valence-corrected chi connectivity index (χ0v) is 10.2. The van der Waals surface area contributed by atoms with Crippen LogP contribution < -0.4 is 0 Å². The Bertz CT molecular complexity index is 562. The van der Waals surface area contributed by atoms with Crippen molar-refractivity contribution in [3.05, 3.63) is 21.6 Å². The Morgan fingerprint density at radius 1 is 1.47 bits per heavy atom. The van der Waals surface area contributed by atoms with Gasteiger partial charge in [-0.2, -0.15) is 0 Å². The number of esters is 1. The SMILES string of the molecule is COC(=O)c1nc(C(=O)O)c(-c2cscn2)s1. The molecule has 2 heterocycles. The van der Waals surface area contributed by atoms with Crippen LogP contribution in [0.5, 0.6) is 0 Å². The Kier molecular flexibility index (Phi) is 3.16. The molecule has 6 nitrogen and oxygen atoms in total.